The van der Waals surface area contributed by atoms with E-state index in [-0.39, 0.29) is 12.4 Å². The molecule has 29 heavy (non-hydrogen) atoms. The van der Waals surface area contributed by atoms with Gasteiger partial charge in [0.25, 0.3) is 0 Å². The average molecular weight is 470 g/mol. The van der Waals surface area contributed by atoms with Gasteiger partial charge in [-0.2, -0.15) is 0 Å². The summed E-state index contributed by atoms with van der Waals surface area (Å²) < 4.78 is 19.3. The zero-order valence-electron chi connectivity index (χ0n) is 17.9. The van der Waals surface area contributed by atoms with Crippen molar-refractivity contribution in [2.45, 2.75) is 70.6 Å². The molecule has 1 saturated carbocycles. The third-order valence-electron chi connectivity index (χ3n) is 4.52. The van der Waals surface area contributed by atoms with E-state index in [0.717, 1.165) is 18.4 Å². The van der Waals surface area contributed by atoms with Crippen LogP contribution in [-0.2, 0) is 4.74 Å². The van der Waals surface area contributed by atoms with E-state index in [1.165, 1.54) is 13.0 Å². The van der Waals surface area contributed by atoms with Crippen LogP contribution in [0.15, 0.2) is 59.4 Å². The Morgan fingerprint density at radius 1 is 1.34 bits per heavy atom. The Labute approximate surface area is 182 Å². The first kappa shape index (κ1) is 25.4. The molecule has 0 aliphatic heterocycles. The minimum atomic E-state index is -0.803. The number of halogens is 2. The number of hydrogen-bond acceptors (Lipinski definition) is 3. The number of allylic oxidation sites excluding steroid dienone is 5. The molecule has 0 aromatic heterocycles. The van der Waals surface area contributed by atoms with E-state index >= 15 is 0 Å². The van der Waals surface area contributed by atoms with Crippen LogP contribution in [0, 0.1) is 0 Å². The van der Waals surface area contributed by atoms with Crippen molar-refractivity contribution in [3.05, 3.63) is 59.4 Å². The fourth-order valence-electron chi connectivity index (χ4n) is 3.13. The zero-order valence-corrected chi connectivity index (χ0v) is 19.5. The van der Waals surface area contributed by atoms with Crippen molar-refractivity contribution >= 4 is 22.0 Å². The molecule has 0 heterocycles. The molecule has 1 rings (SSSR count). The Morgan fingerprint density at radius 3 is 2.34 bits per heavy atom. The molecule has 1 atom stereocenters. The number of rotatable bonds is 10. The minimum Gasteiger partial charge on any atom is -0.444 e. The fraction of sp³-hybridized carbons (Fsp3) is 0.522. The molecule has 0 aromatic rings. The molecule has 1 N–H and O–H groups in total. The van der Waals surface area contributed by atoms with Crippen LogP contribution in [0.5, 0.6) is 0 Å². The third-order valence-corrected chi connectivity index (χ3v) is 4.75. The number of carbonyl (C=O) groups is 1. The van der Waals surface area contributed by atoms with Crippen molar-refractivity contribution in [1.82, 2.24) is 4.90 Å². The summed E-state index contributed by atoms with van der Waals surface area (Å²) >= 11 is 3.33. The van der Waals surface area contributed by atoms with Gasteiger partial charge in [0, 0.05) is 4.48 Å². The largest absolute Gasteiger partial charge is 0.444 e. The predicted octanol–water partition coefficient (Wildman–Crippen LogP) is 6.35. The first-order valence-corrected chi connectivity index (χ1v) is 10.5. The highest BCUT2D eigenvalue weighted by Gasteiger charge is 2.53. The molecule has 0 unspecified atom stereocenters. The number of hydrogen-bond donors (Lipinski definition) is 1. The summed E-state index contributed by atoms with van der Waals surface area (Å²) in [6.45, 7) is 18.4. The SMILES string of the molecule is C=C/C(=C\C(=C)Br)C1(N(C[C@@H](O)CCC(=C)/C=C(\C)F)C(=O)OC(C)(C)C)CC1. The van der Waals surface area contributed by atoms with E-state index in [2.05, 4.69) is 35.7 Å². The van der Waals surface area contributed by atoms with E-state index in [1.54, 1.807) is 31.7 Å². The molecule has 0 radical (unpaired) electrons. The smallest absolute Gasteiger partial charge is 0.411 e. The van der Waals surface area contributed by atoms with Gasteiger partial charge in [0.15, 0.2) is 0 Å². The topological polar surface area (TPSA) is 49.8 Å². The molecular formula is C23H33BrFNO3. The van der Waals surface area contributed by atoms with Gasteiger partial charge in [-0.3, -0.25) is 4.90 Å². The summed E-state index contributed by atoms with van der Waals surface area (Å²) in [5.41, 5.74) is 0.202. The summed E-state index contributed by atoms with van der Waals surface area (Å²) in [5, 5.41) is 10.6. The number of carbonyl (C=O) groups excluding carboxylic acids is 1. The van der Waals surface area contributed by atoms with E-state index in [1.807, 2.05) is 6.08 Å². The van der Waals surface area contributed by atoms with Gasteiger partial charge < -0.3 is 9.84 Å². The second kappa shape index (κ2) is 10.4. The normalized spacial score (nSPS) is 17.3. The molecule has 4 nitrogen and oxygen atoms in total. The lowest BCUT2D eigenvalue weighted by Gasteiger charge is -2.36. The molecule has 0 bridgehead atoms. The second-order valence-corrected chi connectivity index (χ2v) is 9.47. The standard InChI is InChI=1S/C23H33BrFNO3/c1-8-19(14-17(3)24)23(11-12-23)26(21(28)29-22(5,6)7)15-20(27)10-9-16(2)13-18(4)25/h8,13-14,20,27H,1-3,9-12,15H2,4-7H3/b18-13+,19-14+/t20-/m0/s1. The maximum Gasteiger partial charge on any atom is 0.411 e. The number of aliphatic hydroxyl groups excluding tert-OH is 1. The fourth-order valence-corrected chi connectivity index (χ4v) is 3.38. The van der Waals surface area contributed by atoms with Crippen LogP contribution in [-0.4, -0.2) is 39.9 Å². The van der Waals surface area contributed by atoms with Crippen LogP contribution in [0.3, 0.4) is 0 Å². The Hall–Kier alpha value is -1.66. The van der Waals surface area contributed by atoms with Crippen molar-refractivity contribution in [3.63, 3.8) is 0 Å². The van der Waals surface area contributed by atoms with Gasteiger partial charge in [0.1, 0.15) is 5.60 Å². The van der Waals surface area contributed by atoms with Gasteiger partial charge >= 0.3 is 6.09 Å². The lowest BCUT2D eigenvalue weighted by atomic mass is 10.0. The second-order valence-electron chi connectivity index (χ2n) is 8.46. The summed E-state index contributed by atoms with van der Waals surface area (Å²) in [5.74, 6) is -0.326. The molecule has 1 fully saturated rings. The van der Waals surface area contributed by atoms with Gasteiger partial charge in [-0.25, -0.2) is 9.18 Å². The van der Waals surface area contributed by atoms with Crippen LogP contribution in [0.25, 0.3) is 0 Å². The van der Waals surface area contributed by atoms with Crippen molar-refractivity contribution < 1.29 is 19.0 Å². The average Bonchev–Trinajstić information content (AvgIpc) is 3.34. The van der Waals surface area contributed by atoms with Crippen LogP contribution in [0.2, 0.25) is 0 Å². The van der Waals surface area contributed by atoms with Crippen LogP contribution >= 0.6 is 15.9 Å². The summed E-state index contributed by atoms with van der Waals surface area (Å²) in [7, 11) is 0. The summed E-state index contributed by atoms with van der Waals surface area (Å²) in [6, 6.07) is 0. The van der Waals surface area contributed by atoms with Gasteiger partial charge in [0.2, 0.25) is 0 Å². The number of nitrogens with zero attached hydrogens (tertiary/aromatic N) is 1. The number of amides is 1. The molecule has 1 amide bonds. The Bertz CT molecular complexity index is 710. The predicted molar refractivity (Wildman–Crippen MR) is 120 cm³/mol. The highest BCUT2D eigenvalue weighted by molar-refractivity contribution is 9.11. The number of aliphatic hydroxyl groups is 1. The number of ether oxygens (including phenoxy) is 1. The molecule has 0 spiro atoms. The van der Waals surface area contributed by atoms with E-state index in [0.29, 0.717) is 22.9 Å². The summed E-state index contributed by atoms with van der Waals surface area (Å²) in [4.78, 5) is 14.6. The molecule has 0 saturated heterocycles. The van der Waals surface area contributed by atoms with Crippen molar-refractivity contribution in [2.24, 2.45) is 0 Å². The lowest BCUT2D eigenvalue weighted by molar-refractivity contribution is 0.00384. The molecule has 1 aliphatic rings. The quantitative estimate of drug-likeness (QED) is 0.379. The van der Waals surface area contributed by atoms with Gasteiger partial charge in [-0.1, -0.05) is 47.3 Å². The first-order valence-electron chi connectivity index (χ1n) is 9.70. The zero-order chi connectivity index (χ0) is 22.4. The molecule has 162 valence electrons. The number of β-amino-alcohol motifs (C(OH)–C–C–N with tert-alkyl or cyclic N) is 1. The van der Waals surface area contributed by atoms with E-state index in [9.17, 15) is 14.3 Å². The van der Waals surface area contributed by atoms with Gasteiger partial charge in [-0.05, 0) is 71.1 Å². The maximum atomic E-state index is 13.0. The Morgan fingerprint density at radius 2 is 1.93 bits per heavy atom. The van der Waals surface area contributed by atoms with Gasteiger partial charge in [0.05, 0.1) is 24.0 Å². The highest BCUT2D eigenvalue weighted by Crippen LogP contribution is 2.49. The van der Waals surface area contributed by atoms with Crippen molar-refractivity contribution in [3.8, 4) is 0 Å². The molecule has 1 aliphatic carbocycles. The third kappa shape index (κ3) is 8.31. The van der Waals surface area contributed by atoms with E-state index < -0.39 is 23.3 Å². The Kier molecular flexibility index (Phi) is 9.09. The van der Waals surface area contributed by atoms with Crippen molar-refractivity contribution in [1.29, 1.82) is 0 Å². The van der Waals surface area contributed by atoms with Gasteiger partial charge in [-0.15, -0.1) is 0 Å². The summed E-state index contributed by atoms with van der Waals surface area (Å²) in [6.07, 6.45) is 5.88. The monoisotopic (exact) mass is 469 g/mol. The van der Waals surface area contributed by atoms with Crippen LogP contribution < -0.4 is 0 Å². The maximum absolute atomic E-state index is 13.0. The van der Waals surface area contributed by atoms with Crippen LogP contribution in [0.4, 0.5) is 9.18 Å². The van der Waals surface area contributed by atoms with Crippen LogP contribution in [0.1, 0.15) is 53.4 Å². The Balaban J connectivity index is 3.05. The molecule has 0 aromatic carbocycles. The molecule has 6 heteroatoms. The molecular weight excluding hydrogens is 437 g/mol. The van der Waals surface area contributed by atoms with Crippen molar-refractivity contribution in [2.75, 3.05) is 6.54 Å². The van der Waals surface area contributed by atoms with E-state index in [4.69, 9.17) is 4.74 Å². The lowest BCUT2D eigenvalue weighted by Crippen LogP contribution is -2.49. The first-order chi connectivity index (χ1) is 13.3. The minimum absolute atomic E-state index is 0.0977. The highest BCUT2D eigenvalue weighted by atomic mass is 79.9.